The summed E-state index contributed by atoms with van der Waals surface area (Å²) in [5.41, 5.74) is 6.85. The third kappa shape index (κ3) is 3.22. The first-order valence-electron chi connectivity index (χ1n) is 4.95. The van der Waals surface area contributed by atoms with E-state index in [4.69, 9.17) is 10.8 Å². The number of aliphatic hydroxyl groups is 1. The van der Waals surface area contributed by atoms with Gasteiger partial charge in [-0.2, -0.15) is 0 Å². The van der Waals surface area contributed by atoms with Crippen LogP contribution in [-0.2, 0) is 4.79 Å². The van der Waals surface area contributed by atoms with E-state index in [1.807, 2.05) is 0 Å². The molecule has 1 aromatic rings. The molecule has 4 N–H and O–H groups in total. The van der Waals surface area contributed by atoms with E-state index in [9.17, 15) is 9.90 Å². The zero-order valence-electron chi connectivity index (χ0n) is 9.13. The number of nitrogens with zero attached hydrogens (tertiary/aromatic N) is 1. The first-order valence-corrected chi connectivity index (χ1v) is 4.95. The summed E-state index contributed by atoms with van der Waals surface area (Å²) in [7, 11) is 1.70. The summed E-state index contributed by atoms with van der Waals surface area (Å²) in [6, 6.07) is 7.00. The average molecular weight is 224 g/mol. The Labute approximate surface area is 94.1 Å². The fraction of sp³-hybridized carbons (Fsp3) is 0.364. The van der Waals surface area contributed by atoms with E-state index in [-0.39, 0.29) is 13.1 Å². The minimum Gasteiger partial charge on any atom is -0.480 e. The van der Waals surface area contributed by atoms with Crippen molar-refractivity contribution >= 4 is 11.7 Å². The van der Waals surface area contributed by atoms with Gasteiger partial charge in [0.1, 0.15) is 6.54 Å². The number of hydrogen-bond acceptors (Lipinski definition) is 4. The third-order valence-corrected chi connectivity index (χ3v) is 2.31. The Morgan fingerprint density at radius 3 is 2.44 bits per heavy atom. The molecule has 0 radical (unpaired) electrons. The zero-order valence-corrected chi connectivity index (χ0v) is 9.13. The van der Waals surface area contributed by atoms with Gasteiger partial charge in [-0.15, -0.1) is 0 Å². The normalized spacial score (nSPS) is 12.2. The number of anilines is 1. The lowest BCUT2D eigenvalue weighted by Crippen LogP contribution is -2.25. The zero-order chi connectivity index (χ0) is 12.1. The number of nitrogens with two attached hydrogens (primary N) is 1. The van der Waals surface area contributed by atoms with Crippen LogP contribution in [0.1, 0.15) is 11.7 Å². The molecule has 0 amide bonds. The molecule has 0 aliphatic carbocycles. The van der Waals surface area contributed by atoms with Crippen molar-refractivity contribution in [3.8, 4) is 0 Å². The van der Waals surface area contributed by atoms with Crippen LogP contribution in [0.3, 0.4) is 0 Å². The smallest absolute Gasteiger partial charge is 0.323 e. The predicted octanol–water partition coefficient (Wildman–Crippen LogP) is 0.199. The molecule has 1 aromatic carbocycles. The Balaban J connectivity index is 2.74. The maximum Gasteiger partial charge on any atom is 0.323 e. The lowest BCUT2D eigenvalue weighted by molar-refractivity contribution is -0.135. The number of carboxylic acids is 1. The monoisotopic (exact) mass is 224 g/mol. The van der Waals surface area contributed by atoms with Gasteiger partial charge in [0.2, 0.25) is 0 Å². The summed E-state index contributed by atoms with van der Waals surface area (Å²) in [6.07, 6.45) is -0.668. The summed E-state index contributed by atoms with van der Waals surface area (Å²) in [4.78, 5) is 12.1. The highest BCUT2D eigenvalue weighted by Gasteiger charge is 2.07. The minimum atomic E-state index is -0.881. The molecule has 5 nitrogen and oxygen atoms in total. The maximum atomic E-state index is 10.5. The maximum absolute atomic E-state index is 10.5. The number of rotatable bonds is 5. The van der Waals surface area contributed by atoms with Crippen molar-refractivity contribution in [1.82, 2.24) is 0 Å². The highest BCUT2D eigenvalue weighted by molar-refractivity contribution is 5.73. The standard InChI is InChI=1S/C11H16N2O3/c1-13(7-11(15)16)9-4-2-8(3-5-9)10(14)6-12/h2-5,10,14H,6-7,12H2,1H3,(H,15,16). The Morgan fingerprint density at radius 1 is 1.44 bits per heavy atom. The van der Waals surface area contributed by atoms with Gasteiger partial charge in [0.05, 0.1) is 6.10 Å². The van der Waals surface area contributed by atoms with Crippen LogP contribution >= 0.6 is 0 Å². The summed E-state index contributed by atoms with van der Waals surface area (Å²) in [6.45, 7) is 0.114. The number of aliphatic hydroxyl groups excluding tert-OH is 1. The van der Waals surface area contributed by atoms with Crippen molar-refractivity contribution < 1.29 is 15.0 Å². The highest BCUT2D eigenvalue weighted by Crippen LogP contribution is 2.17. The van der Waals surface area contributed by atoms with Gasteiger partial charge in [0, 0.05) is 19.3 Å². The van der Waals surface area contributed by atoms with Gasteiger partial charge >= 0.3 is 5.97 Å². The molecule has 0 bridgehead atoms. The molecule has 88 valence electrons. The largest absolute Gasteiger partial charge is 0.480 e. The number of benzene rings is 1. The fourth-order valence-electron chi connectivity index (χ4n) is 1.38. The quantitative estimate of drug-likeness (QED) is 0.665. The molecule has 0 spiro atoms. The molecule has 16 heavy (non-hydrogen) atoms. The Morgan fingerprint density at radius 2 is 2.00 bits per heavy atom. The molecule has 0 aromatic heterocycles. The van der Waals surface area contributed by atoms with E-state index < -0.39 is 12.1 Å². The van der Waals surface area contributed by atoms with Crippen molar-refractivity contribution in [2.75, 3.05) is 25.0 Å². The summed E-state index contributed by atoms with van der Waals surface area (Å²) >= 11 is 0. The van der Waals surface area contributed by atoms with E-state index in [1.165, 1.54) is 0 Å². The van der Waals surface area contributed by atoms with Crippen LogP contribution in [0.2, 0.25) is 0 Å². The molecular formula is C11H16N2O3. The minimum absolute atomic E-state index is 0.0568. The Hall–Kier alpha value is -1.59. The first-order chi connectivity index (χ1) is 7.54. The van der Waals surface area contributed by atoms with Gasteiger partial charge < -0.3 is 20.8 Å². The topological polar surface area (TPSA) is 86.8 Å². The lowest BCUT2D eigenvalue weighted by Gasteiger charge is -2.17. The molecule has 0 heterocycles. The van der Waals surface area contributed by atoms with Crippen LogP contribution in [0.15, 0.2) is 24.3 Å². The van der Waals surface area contributed by atoms with Crippen LogP contribution in [0.25, 0.3) is 0 Å². The van der Waals surface area contributed by atoms with Gasteiger partial charge in [-0.3, -0.25) is 4.79 Å². The van der Waals surface area contributed by atoms with Gasteiger partial charge in [0.25, 0.3) is 0 Å². The van der Waals surface area contributed by atoms with Gasteiger partial charge in [-0.1, -0.05) is 12.1 Å². The summed E-state index contributed by atoms with van der Waals surface area (Å²) in [5, 5.41) is 18.1. The molecule has 1 rings (SSSR count). The summed E-state index contributed by atoms with van der Waals surface area (Å²) < 4.78 is 0. The third-order valence-electron chi connectivity index (χ3n) is 2.31. The second-order valence-corrected chi connectivity index (χ2v) is 3.59. The van der Waals surface area contributed by atoms with E-state index in [1.54, 1.807) is 36.2 Å². The van der Waals surface area contributed by atoms with Gasteiger partial charge in [-0.05, 0) is 17.7 Å². The predicted molar refractivity (Wildman–Crippen MR) is 61.4 cm³/mol. The number of carboxylic acid groups (broad SMARTS) is 1. The van der Waals surface area contributed by atoms with Crippen LogP contribution < -0.4 is 10.6 Å². The van der Waals surface area contributed by atoms with E-state index >= 15 is 0 Å². The average Bonchev–Trinajstić information content (AvgIpc) is 2.27. The SMILES string of the molecule is CN(CC(=O)O)c1ccc(C(O)CN)cc1. The molecular weight excluding hydrogens is 208 g/mol. The van der Waals surface area contributed by atoms with Crippen LogP contribution in [0, 0.1) is 0 Å². The van der Waals surface area contributed by atoms with Crippen molar-refractivity contribution in [2.45, 2.75) is 6.10 Å². The summed E-state index contributed by atoms with van der Waals surface area (Å²) in [5.74, 6) is -0.881. The number of hydrogen-bond donors (Lipinski definition) is 3. The van der Waals surface area contributed by atoms with Gasteiger partial charge in [0.15, 0.2) is 0 Å². The van der Waals surface area contributed by atoms with Crippen molar-refractivity contribution in [3.63, 3.8) is 0 Å². The first kappa shape index (κ1) is 12.5. The Kier molecular flexibility index (Phi) is 4.28. The molecule has 0 saturated heterocycles. The molecule has 1 unspecified atom stereocenters. The number of likely N-dealkylation sites (N-methyl/N-ethyl adjacent to an activating group) is 1. The molecule has 1 atom stereocenters. The van der Waals surface area contributed by atoms with E-state index in [2.05, 4.69) is 0 Å². The van der Waals surface area contributed by atoms with Crippen LogP contribution in [0.4, 0.5) is 5.69 Å². The molecule has 0 fully saturated rings. The van der Waals surface area contributed by atoms with E-state index in [0.717, 1.165) is 11.3 Å². The molecule has 0 aliphatic heterocycles. The number of aliphatic carboxylic acids is 1. The Bertz CT molecular complexity index is 351. The second kappa shape index (κ2) is 5.48. The second-order valence-electron chi connectivity index (χ2n) is 3.59. The highest BCUT2D eigenvalue weighted by atomic mass is 16.4. The lowest BCUT2D eigenvalue weighted by atomic mass is 10.1. The van der Waals surface area contributed by atoms with Crippen LogP contribution in [-0.4, -0.2) is 36.3 Å². The fourth-order valence-corrected chi connectivity index (χ4v) is 1.38. The van der Waals surface area contributed by atoms with Crippen molar-refractivity contribution in [3.05, 3.63) is 29.8 Å². The van der Waals surface area contributed by atoms with Crippen molar-refractivity contribution in [2.24, 2.45) is 5.73 Å². The molecule has 5 heteroatoms. The van der Waals surface area contributed by atoms with Crippen LogP contribution in [0.5, 0.6) is 0 Å². The number of carbonyl (C=O) groups is 1. The molecule has 0 saturated carbocycles. The van der Waals surface area contributed by atoms with Gasteiger partial charge in [-0.25, -0.2) is 0 Å². The van der Waals surface area contributed by atoms with Crippen molar-refractivity contribution in [1.29, 1.82) is 0 Å². The molecule has 0 aliphatic rings. The van der Waals surface area contributed by atoms with E-state index in [0.29, 0.717) is 0 Å².